The molecule has 2 fully saturated rings. The number of hydrogen-bond donors (Lipinski definition) is 1. The zero-order valence-corrected chi connectivity index (χ0v) is 20.4. The first-order valence-corrected chi connectivity index (χ1v) is 12.2. The Labute approximate surface area is 213 Å². The van der Waals surface area contributed by atoms with Gasteiger partial charge in [-0.05, 0) is 80.6 Å². The number of esters is 2. The van der Waals surface area contributed by atoms with Crippen LogP contribution in [0.25, 0.3) is 0 Å². The van der Waals surface area contributed by atoms with Crippen LogP contribution >= 0.6 is 0 Å². The number of carbonyl (C=O) groups is 5. The summed E-state index contributed by atoms with van der Waals surface area (Å²) in [6.45, 7) is 3.48. The van der Waals surface area contributed by atoms with Gasteiger partial charge in [-0.2, -0.15) is 0 Å². The minimum atomic E-state index is -0.715. The number of benzene rings is 2. The Morgan fingerprint density at radius 3 is 2.14 bits per heavy atom. The van der Waals surface area contributed by atoms with Crippen LogP contribution in [0.2, 0.25) is 0 Å². The van der Waals surface area contributed by atoms with Crippen molar-refractivity contribution >= 4 is 41.0 Å². The number of nitrogens with one attached hydrogen (secondary N) is 1. The SMILES string of the molecule is CCOC(=O)c1ccc(NC(=O)COC(=O)c2ccc(N3C(=O)[C@@H]4[C@H](C3=O)[C@H]3C=C(C)[C@H]4C3)cc2)cc1. The number of carbonyl (C=O) groups excluding carboxylic acids is 5. The highest BCUT2D eigenvalue weighted by Crippen LogP contribution is 2.55. The molecule has 5 rings (SSSR count). The Balaban J connectivity index is 1.15. The van der Waals surface area contributed by atoms with Gasteiger partial charge in [0.25, 0.3) is 5.91 Å². The summed E-state index contributed by atoms with van der Waals surface area (Å²) in [5, 5.41) is 2.58. The molecule has 2 bridgehead atoms. The van der Waals surface area contributed by atoms with Crippen molar-refractivity contribution in [1.82, 2.24) is 0 Å². The lowest BCUT2D eigenvalue weighted by atomic mass is 9.82. The smallest absolute Gasteiger partial charge is 0.338 e. The molecule has 3 aliphatic rings. The first-order valence-electron chi connectivity index (χ1n) is 12.2. The molecule has 0 radical (unpaired) electrons. The normalized spacial score (nSPS) is 23.5. The summed E-state index contributed by atoms with van der Waals surface area (Å²) in [5.41, 5.74) is 2.58. The molecule has 0 aromatic heterocycles. The maximum atomic E-state index is 13.1. The highest BCUT2D eigenvalue weighted by molar-refractivity contribution is 6.23. The van der Waals surface area contributed by atoms with E-state index in [1.54, 1.807) is 31.2 Å². The Bertz CT molecular complexity index is 1310. The average Bonchev–Trinajstić information content (AvgIpc) is 3.53. The summed E-state index contributed by atoms with van der Waals surface area (Å²) >= 11 is 0. The van der Waals surface area contributed by atoms with E-state index in [2.05, 4.69) is 11.4 Å². The van der Waals surface area contributed by atoms with Gasteiger partial charge in [0.1, 0.15) is 0 Å². The Hall–Kier alpha value is -4.27. The summed E-state index contributed by atoms with van der Waals surface area (Å²) in [6, 6.07) is 12.2. The second kappa shape index (κ2) is 9.65. The highest BCUT2D eigenvalue weighted by atomic mass is 16.5. The third-order valence-corrected chi connectivity index (χ3v) is 7.26. The maximum Gasteiger partial charge on any atom is 0.338 e. The summed E-state index contributed by atoms with van der Waals surface area (Å²) in [4.78, 5) is 63.7. The number of rotatable bonds is 7. The fraction of sp³-hybridized carbons (Fsp3) is 0.321. The van der Waals surface area contributed by atoms with E-state index in [0.29, 0.717) is 16.9 Å². The molecule has 0 spiro atoms. The van der Waals surface area contributed by atoms with Crippen LogP contribution < -0.4 is 10.2 Å². The summed E-state index contributed by atoms with van der Waals surface area (Å²) < 4.78 is 10.0. The number of allylic oxidation sites excluding steroid dienone is 2. The van der Waals surface area contributed by atoms with E-state index in [0.717, 1.165) is 6.42 Å². The molecule has 4 atom stereocenters. The zero-order chi connectivity index (χ0) is 26.3. The molecule has 1 saturated heterocycles. The molecule has 9 nitrogen and oxygen atoms in total. The van der Waals surface area contributed by atoms with Crippen LogP contribution in [0.3, 0.4) is 0 Å². The van der Waals surface area contributed by atoms with Crippen molar-refractivity contribution in [2.24, 2.45) is 23.7 Å². The summed E-state index contributed by atoms with van der Waals surface area (Å²) in [7, 11) is 0. The van der Waals surface area contributed by atoms with E-state index in [4.69, 9.17) is 9.47 Å². The van der Waals surface area contributed by atoms with E-state index in [9.17, 15) is 24.0 Å². The van der Waals surface area contributed by atoms with Crippen LogP contribution in [0.4, 0.5) is 11.4 Å². The van der Waals surface area contributed by atoms with Gasteiger partial charge >= 0.3 is 11.9 Å². The minimum Gasteiger partial charge on any atom is -0.462 e. The van der Waals surface area contributed by atoms with E-state index in [1.807, 2.05) is 6.92 Å². The quantitative estimate of drug-likeness (QED) is 0.350. The van der Waals surface area contributed by atoms with Crippen molar-refractivity contribution < 1.29 is 33.4 Å². The van der Waals surface area contributed by atoms with Gasteiger partial charge in [0.15, 0.2) is 6.61 Å². The maximum absolute atomic E-state index is 13.1. The summed E-state index contributed by atoms with van der Waals surface area (Å²) in [5.74, 6) is -2.44. The van der Waals surface area contributed by atoms with E-state index in [1.165, 1.54) is 34.7 Å². The van der Waals surface area contributed by atoms with Crippen molar-refractivity contribution in [2.45, 2.75) is 20.3 Å². The molecular formula is C28H26N2O7. The topological polar surface area (TPSA) is 119 Å². The average molecular weight is 503 g/mol. The second-order valence-corrected chi connectivity index (χ2v) is 9.45. The fourth-order valence-electron chi connectivity index (χ4n) is 5.59. The summed E-state index contributed by atoms with van der Waals surface area (Å²) in [6.07, 6.45) is 2.98. The first-order chi connectivity index (χ1) is 17.8. The molecule has 2 aromatic rings. The van der Waals surface area contributed by atoms with E-state index >= 15 is 0 Å². The number of nitrogens with zero attached hydrogens (tertiary/aromatic N) is 1. The van der Waals surface area contributed by atoms with E-state index in [-0.39, 0.29) is 47.7 Å². The van der Waals surface area contributed by atoms with Crippen LogP contribution in [0.1, 0.15) is 41.0 Å². The predicted octanol–water partition coefficient (Wildman–Crippen LogP) is 3.36. The van der Waals surface area contributed by atoms with E-state index < -0.39 is 24.5 Å². The Morgan fingerprint density at radius 2 is 1.49 bits per heavy atom. The highest BCUT2D eigenvalue weighted by Gasteiger charge is 2.60. The molecule has 0 unspecified atom stereocenters. The van der Waals surface area contributed by atoms with Crippen molar-refractivity contribution in [3.05, 3.63) is 71.3 Å². The van der Waals surface area contributed by atoms with Gasteiger partial charge in [0.2, 0.25) is 11.8 Å². The van der Waals surface area contributed by atoms with Crippen molar-refractivity contribution in [3.63, 3.8) is 0 Å². The van der Waals surface area contributed by atoms with Crippen molar-refractivity contribution in [1.29, 1.82) is 0 Å². The molecule has 1 aliphatic heterocycles. The Morgan fingerprint density at radius 1 is 0.892 bits per heavy atom. The molecule has 1 N–H and O–H groups in total. The second-order valence-electron chi connectivity index (χ2n) is 9.45. The third kappa shape index (κ3) is 4.41. The molecule has 37 heavy (non-hydrogen) atoms. The number of hydrogen-bond acceptors (Lipinski definition) is 7. The first kappa shape index (κ1) is 24.4. The van der Waals surface area contributed by atoms with Crippen LogP contribution in [-0.2, 0) is 23.9 Å². The molecule has 1 saturated carbocycles. The van der Waals surface area contributed by atoms with Crippen molar-refractivity contribution in [3.8, 4) is 0 Å². The van der Waals surface area contributed by atoms with Gasteiger partial charge in [-0.3, -0.25) is 19.3 Å². The lowest BCUT2D eigenvalue weighted by Gasteiger charge is -2.19. The zero-order valence-electron chi connectivity index (χ0n) is 20.4. The number of ether oxygens (including phenoxy) is 2. The molecular weight excluding hydrogens is 476 g/mol. The van der Waals surface area contributed by atoms with Gasteiger partial charge in [0, 0.05) is 5.69 Å². The van der Waals surface area contributed by atoms with Gasteiger partial charge < -0.3 is 14.8 Å². The number of anilines is 2. The van der Waals surface area contributed by atoms with Gasteiger partial charge in [0.05, 0.1) is 35.3 Å². The molecule has 1 heterocycles. The monoisotopic (exact) mass is 502 g/mol. The van der Waals surface area contributed by atoms with Crippen LogP contribution in [0.15, 0.2) is 60.2 Å². The standard InChI is InChI=1S/C28H26N2O7/c1-3-36-27(34)16-4-8-19(9-5-16)29-22(31)14-37-28(35)17-6-10-20(11-7-17)30-25(32)23-18-12-15(2)21(13-18)24(23)26(30)33/h4-12,18,21,23-24H,3,13-14H2,1-2H3,(H,29,31)/t18-,21+,23+,24-/m0/s1. The number of imide groups is 1. The molecule has 9 heteroatoms. The van der Waals surface area contributed by atoms with Crippen LogP contribution in [0.5, 0.6) is 0 Å². The van der Waals surface area contributed by atoms with Crippen LogP contribution in [0, 0.1) is 23.7 Å². The molecule has 2 aromatic carbocycles. The number of amides is 3. The minimum absolute atomic E-state index is 0.118. The Kier molecular flexibility index (Phi) is 6.37. The van der Waals surface area contributed by atoms with Crippen LogP contribution in [-0.4, -0.2) is 42.9 Å². The largest absolute Gasteiger partial charge is 0.462 e. The van der Waals surface area contributed by atoms with Crippen molar-refractivity contribution in [2.75, 3.05) is 23.4 Å². The fourth-order valence-corrected chi connectivity index (χ4v) is 5.59. The third-order valence-electron chi connectivity index (χ3n) is 7.26. The van der Waals surface area contributed by atoms with Gasteiger partial charge in [-0.1, -0.05) is 11.6 Å². The van der Waals surface area contributed by atoms with Gasteiger partial charge in [-0.15, -0.1) is 0 Å². The molecule has 2 aliphatic carbocycles. The lowest BCUT2D eigenvalue weighted by Crippen LogP contribution is -2.33. The number of fused-ring (bicyclic) bond motifs is 5. The molecule has 190 valence electrons. The van der Waals surface area contributed by atoms with Gasteiger partial charge in [-0.25, -0.2) is 9.59 Å². The predicted molar refractivity (Wildman–Crippen MR) is 133 cm³/mol. The lowest BCUT2D eigenvalue weighted by molar-refractivity contribution is -0.123. The molecule has 3 amide bonds.